The summed E-state index contributed by atoms with van der Waals surface area (Å²) in [5, 5.41) is 3.60. The Morgan fingerprint density at radius 2 is 1.93 bits per heavy atom. The SMILES string of the molecule is Cc1ccc2oc(SCc3ccc(C(=O)NC(C)CCc4ccccc4)o3)nc2c1. The molecule has 0 aliphatic carbocycles. The van der Waals surface area contributed by atoms with Crippen LogP contribution in [0.5, 0.6) is 0 Å². The van der Waals surface area contributed by atoms with Crippen molar-refractivity contribution in [3.8, 4) is 0 Å². The Kier molecular flexibility index (Phi) is 6.23. The number of fused-ring (bicyclic) bond motifs is 1. The van der Waals surface area contributed by atoms with Gasteiger partial charge in [0, 0.05) is 6.04 Å². The molecule has 0 bridgehead atoms. The first-order valence-corrected chi connectivity index (χ1v) is 11.0. The highest BCUT2D eigenvalue weighted by Gasteiger charge is 2.15. The Labute approximate surface area is 179 Å². The highest BCUT2D eigenvalue weighted by Crippen LogP contribution is 2.27. The molecule has 2 aromatic carbocycles. The van der Waals surface area contributed by atoms with Crippen LogP contribution in [0.4, 0.5) is 0 Å². The second-order valence-electron chi connectivity index (χ2n) is 7.40. The van der Waals surface area contributed by atoms with Crippen LogP contribution in [0.15, 0.2) is 74.7 Å². The van der Waals surface area contributed by atoms with Crippen LogP contribution in [0.2, 0.25) is 0 Å². The zero-order valence-electron chi connectivity index (χ0n) is 17.1. The number of thioether (sulfide) groups is 1. The third-order valence-corrected chi connectivity index (χ3v) is 5.68. The molecule has 30 heavy (non-hydrogen) atoms. The predicted molar refractivity (Wildman–Crippen MR) is 119 cm³/mol. The van der Waals surface area contributed by atoms with Gasteiger partial charge in [0.1, 0.15) is 11.3 Å². The second-order valence-corrected chi connectivity index (χ2v) is 8.33. The number of carbonyl (C=O) groups is 1. The number of hydrogen-bond acceptors (Lipinski definition) is 5. The lowest BCUT2D eigenvalue weighted by Crippen LogP contribution is -2.32. The first kappa shape index (κ1) is 20.3. The maximum absolute atomic E-state index is 12.5. The molecule has 1 N–H and O–H groups in total. The van der Waals surface area contributed by atoms with E-state index in [0.717, 1.165) is 29.5 Å². The average molecular weight is 421 g/mol. The van der Waals surface area contributed by atoms with Gasteiger partial charge in [-0.25, -0.2) is 4.98 Å². The Morgan fingerprint density at radius 1 is 1.10 bits per heavy atom. The average Bonchev–Trinajstić information content (AvgIpc) is 3.38. The number of benzene rings is 2. The lowest BCUT2D eigenvalue weighted by molar-refractivity contribution is 0.0909. The maximum Gasteiger partial charge on any atom is 0.287 e. The van der Waals surface area contributed by atoms with Crippen LogP contribution >= 0.6 is 11.8 Å². The number of hydrogen-bond donors (Lipinski definition) is 1. The van der Waals surface area contributed by atoms with Crippen molar-refractivity contribution >= 4 is 28.8 Å². The van der Waals surface area contributed by atoms with Gasteiger partial charge < -0.3 is 14.2 Å². The lowest BCUT2D eigenvalue weighted by Gasteiger charge is -2.12. The maximum atomic E-state index is 12.5. The molecule has 2 heterocycles. The van der Waals surface area contributed by atoms with E-state index in [1.54, 1.807) is 6.07 Å². The Balaban J connectivity index is 1.28. The van der Waals surface area contributed by atoms with Crippen LogP contribution in [-0.2, 0) is 12.2 Å². The molecular weight excluding hydrogens is 396 g/mol. The van der Waals surface area contributed by atoms with Gasteiger partial charge in [0.25, 0.3) is 11.1 Å². The summed E-state index contributed by atoms with van der Waals surface area (Å²) in [6, 6.07) is 19.8. The van der Waals surface area contributed by atoms with E-state index in [1.165, 1.54) is 17.3 Å². The van der Waals surface area contributed by atoms with Crippen LogP contribution in [0.3, 0.4) is 0 Å². The van der Waals surface area contributed by atoms with E-state index >= 15 is 0 Å². The smallest absolute Gasteiger partial charge is 0.287 e. The molecule has 5 nitrogen and oxygen atoms in total. The van der Waals surface area contributed by atoms with Crippen molar-refractivity contribution in [3.63, 3.8) is 0 Å². The minimum Gasteiger partial charge on any atom is -0.455 e. The van der Waals surface area contributed by atoms with E-state index in [-0.39, 0.29) is 11.9 Å². The largest absolute Gasteiger partial charge is 0.455 e. The van der Waals surface area contributed by atoms with Gasteiger partial charge in [-0.1, -0.05) is 48.2 Å². The molecule has 0 spiro atoms. The number of aromatic nitrogens is 1. The lowest BCUT2D eigenvalue weighted by atomic mass is 10.1. The monoisotopic (exact) mass is 420 g/mol. The molecule has 1 atom stereocenters. The fourth-order valence-corrected chi connectivity index (χ4v) is 3.92. The normalized spacial score (nSPS) is 12.2. The van der Waals surface area contributed by atoms with E-state index in [2.05, 4.69) is 22.4 Å². The molecule has 6 heteroatoms. The van der Waals surface area contributed by atoms with Crippen molar-refractivity contribution in [3.05, 3.63) is 83.3 Å². The summed E-state index contributed by atoms with van der Waals surface area (Å²) in [4.78, 5) is 17.0. The van der Waals surface area contributed by atoms with Crippen LogP contribution in [0.25, 0.3) is 11.1 Å². The molecule has 1 amide bonds. The third kappa shape index (κ3) is 5.13. The fourth-order valence-electron chi connectivity index (χ4n) is 3.18. The molecule has 4 aromatic rings. The van der Waals surface area contributed by atoms with Gasteiger partial charge in [-0.2, -0.15) is 0 Å². The topological polar surface area (TPSA) is 68.3 Å². The van der Waals surface area contributed by atoms with Crippen LogP contribution in [0.1, 0.15) is 40.8 Å². The molecule has 0 aliphatic heterocycles. The highest BCUT2D eigenvalue weighted by atomic mass is 32.2. The van der Waals surface area contributed by atoms with Crippen molar-refractivity contribution < 1.29 is 13.6 Å². The summed E-state index contributed by atoms with van der Waals surface area (Å²) in [6.45, 7) is 4.04. The third-order valence-electron chi connectivity index (χ3n) is 4.83. The van der Waals surface area contributed by atoms with Gasteiger partial charge in [-0.3, -0.25) is 4.79 Å². The zero-order chi connectivity index (χ0) is 20.9. The number of aryl methyl sites for hydroxylation is 2. The van der Waals surface area contributed by atoms with Crippen LogP contribution in [0, 0.1) is 6.92 Å². The van der Waals surface area contributed by atoms with E-state index in [4.69, 9.17) is 8.83 Å². The van der Waals surface area contributed by atoms with Gasteiger partial charge in [0.15, 0.2) is 11.3 Å². The first-order chi connectivity index (χ1) is 14.6. The summed E-state index contributed by atoms with van der Waals surface area (Å²) < 4.78 is 11.5. The minimum atomic E-state index is -0.191. The standard InChI is InChI=1S/C24H24N2O3S/c1-16-8-12-21-20(14-16)26-24(29-21)30-15-19-11-13-22(28-19)23(27)25-17(2)9-10-18-6-4-3-5-7-18/h3-8,11-14,17H,9-10,15H2,1-2H3,(H,25,27). The van der Waals surface area contributed by atoms with Crippen molar-refractivity contribution in [2.75, 3.05) is 0 Å². The number of nitrogens with one attached hydrogen (secondary N) is 1. The molecule has 0 radical (unpaired) electrons. The number of amides is 1. The summed E-state index contributed by atoms with van der Waals surface area (Å²) >= 11 is 1.45. The van der Waals surface area contributed by atoms with Gasteiger partial charge in [-0.15, -0.1) is 0 Å². The molecule has 1 unspecified atom stereocenters. The number of furan rings is 1. The van der Waals surface area contributed by atoms with Crippen LogP contribution < -0.4 is 5.32 Å². The minimum absolute atomic E-state index is 0.0591. The molecular formula is C24H24N2O3S. The molecule has 4 rings (SSSR count). The van der Waals surface area contributed by atoms with E-state index in [9.17, 15) is 4.79 Å². The van der Waals surface area contributed by atoms with Gasteiger partial charge in [0.2, 0.25) is 0 Å². The Morgan fingerprint density at radius 3 is 2.77 bits per heavy atom. The second kappa shape index (κ2) is 9.22. The highest BCUT2D eigenvalue weighted by molar-refractivity contribution is 7.98. The summed E-state index contributed by atoms with van der Waals surface area (Å²) in [5.74, 6) is 1.39. The van der Waals surface area contributed by atoms with E-state index in [1.807, 2.05) is 56.3 Å². The number of nitrogens with zero attached hydrogens (tertiary/aromatic N) is 1. The van der Waals surface area contributed by atoms with Crippen molar-refractivity contribution in [2.24, 2.45) is 0 Å². The molecule has 0 saturated carbocycles. The van der Waals surface area contributed by atoms with Crippen LogP contribution in [-0.4, -0.2) is 16.9 Å². The summed E-state index contributed by atoms with van der Waals surface area (Å²) in [7, 11) is 0. The van der Waals surface area contributed by atoms with E-state index in [0.29, 0.717) is 22.5 Å². The Hall–Kier alpha value is -2.99. The fraction of sp³-hybridized carbons (Fsp3) is 0.250. The van der Waals surface area contributed by atoms with Crippen molar-refractivity contribution in [1.29, 1.82) is 0 Å². The predicted octanol–water partition coefficient (Wildman–Crippen LogP) is 5.77. The quantitative estimate of drug-likeness (QED) is 0.366. The number of rotatable bonds is 8. The van der Waals surface area contributed by atoms with Crippen molar-refractivity contribution in [1.82, 2.24) is 10.3 Å². The number of oxazole rings is 1. The van der Waals surface area contributed by atoms with Gasteiger partial charge >= 0.3 is 0 Å². The summed E-state index contributed by atoms with van der Waals surface area (Å²) in [5.41, 5.74) is 4.03. The molecule has 154 valence electrons. The number of carbonyl (C=O) groups excluding carboxylic acids is 1. The van der Waals surface area contributed by atoms with Gasteiger partial charge in [0.05, 0.1) is 5.75 Å². The zero-order valence-corrected chi connectivity index (χ0v) is 17.9. The van der Waals surface area contributed by atoms with Crippen molar-refractivity contribution in [2.45, 2.75) is 43.7 Å². The first-order valence-electron chi connectivity index (χ1n) is 10.0. The molecule has 0 aliphatic rings. The van der Waals surface area contributed by atoms with E-state index < -0.39 is 0 Å². The Bertz CT molecular complexity index is 1130. The molecule has 0 saturated heterocycles. The summed E-state index contributed by atoms with van der Waals surface area (Å²) in [6.07, 6.45) is 1.79. The molecule has 0 fully saturated rings. The van der Waals surface area contributed by atoms with Gasteiger partial charge in [-0.05, 0) is 62.1 Å². The molecule has 2 aromatic heterocycles.